The molecular formula is C21H19N5OS. The molecule has 140 valence electrons. The zero-order valence-electron chi connectivity index (χ0n) is 15.3. The number of nitrogens with zero attached hydrogens (tertiary/aromatic N) is 5. The molecule has 0 atom stereocenters. The molecule has 0 bridgehead atoms. The monoisotopic (exact) mass is 389 g/mol. The van der Waals surface area contributed by atoms with Crippen LogP contribution in [0.25, 0.3) is 10.9 Å². The molecule has 2 heterocycles. The maximum Gasteiger partial charge on any atom is 0.262 e. The molecule has 0 N–H and O–H groups in total. The predicted molar refractivity (Wildman–Crippen MR) is 108 cm³/mol. The van der Waals surface area contributed by atoms with Gasteiger partial charge in [0.2, 0.25) is 0 Å². The molecule has 2 aromatic heterocycles. The molecule has 0 fully saturated rings. The van der Waals surface area contributed by atoms with E-state index in [0.717, 1.165) is 19.3 Å². The minimum atomic E-state index is -0.0360. The number of rotatable bonds is 5. The highest BCUT2D eigenvalue weighted by atomic mass is 32.2. The van der Waals surface area contributed by atoms with Gasteiger partial charge in [-0.15, -0.1) is 10.2 Å². The summed E-state index contributed by atoms with van der Waals surface area (Å²) in [5.74, 6) is 0. The first-order valence-corrected chi connectivity index (χ1v) is 10.2. The largest absolute Gasteiger partial charge is 0.286 e. The molecule has 0 amide bonds. The Balaban J connectivity index is 1.70. The minimum Gasteiger partial charge on any atom is -0.286 e. The Morgan fingerprint density at radius 2 is 2.04 bits per heavy atom. The van der Waals surface area contributed by atoms with Gasteiger partial charge in [0, 0.05) is 6.54 Å². The molecule has 6 nitrogen and oxygen atoms in total. The van der Waals surface area contributed by atoms with Crippen molar-refractivity contribution in [3.63, 3.8) is 0 Å². The van der Waals surface area contributed by atoms with Gasteiger partial charge in [0.15, 0.2) is 10.9 Å². The summed E-state index contributed by atoms with van der Waals surface area (Å²) in [6, 6.07) is 12.7. The van der Waals surface area contributed by atoms with E-state index in [2.05, 4.69) is 16.3 Å². The van der Waals surface area contributed by atoms with E-state index >= 15 is 0 Å². The van der Waals surface area contributed by atoms with Gasteiger partial charge < -0.3 is 0 Å². The Labute approximate surface area is 166 Å². The van der Waals surface area contributed by atoms with Crippen LogP contribution in [0.2, 0.25) is 0 Å². The third-order valence-electron chi connectivity index (χ3n) is 4.82. The molecule has 0 spiro atoms. The van der Waals surface area contributed by atoms with Crippen molar-refractivity contribution >= 4 is 22.7 Å². The van der Waals surface area contributed by atoms with Crippen LogP contribution in [0.4, 0.5) is 0 Å². The van der Waals surface area contributed by atoms with Crippen LogP contribution >= 0.6 is 11.8 Å². The first kappa shape index (κ1) is 18.4. The van der Waals surface area contributed by atoms with E-state index in [0.29, 0.717) is 27.6 Å². The van der Waals surface area contributed by atoms with E-state index in [1.54, 1.807) is 16.7 Å². The lowest BCUT2D eigenvalue weighted by atomic mass is 9.97. The van der Waals surface area contributed by atoms with Crippen LogP contribution in [0.15, 0.2) is 63.0 Å². The Morgan fingerprint density at radius 3 is 2.79 bits per heavy atom. The first-order chi connectivity index (χ1) is 13.7. The van der Waals surface area contributed by atoms with Gasteiger partial charge in [-0.1, -0.05) is 23.8 Å². The molecule has 1 aliphatic rings. The van der Waals surface area contributed by atoms with Crippen LogP contribution < -0.4 is 5.56 Å². The second kappa shape index (κ2) is 8.36. The quantitative estimate of drug-likeness (QED) is 0.482. The van der Waals surface area contributed by atoms with E-state index < -0.39 is 0 Å². The number of aromatic nitrogens is 4. The van der Waals surface area contributed by atoms with Crippen LogP contribution in [0, 0.1) is 11.3 Å². The maximum absolute atomic E-state index is 13.1. The van der Waals surface area contributed by atoms with Gasteiger partial charge in [-0.25, -0.2) is 4.98 Å². The number of nitriles is 1. The molecule has 0 saturated carbocycles. The molecule has 1 aromatic carbocycles. The fourth-order valence-corrected chi connectivity index (χ4v) is 4.17. The second-order valence-corrected chi connectivity index (χ2v) is 7.68. The fourth-order valence-electron chi connectivity index (χ4n) is 3.34. The number of benzene rings is 1. The Bertz CT molecular complexity index is 1130. The summed E-state index contributed by atoms with van der Waals surface area (Å²) in [5, 5.41) is 18.6. The van der Waals surface area contributed by atoms with Crippen molar-refractivity contribution in [3.05, 3.63) is 64.1 Å². The normalized spacial score (nSPS) is 13.9. The molecule has 4 rings (SSSR count). The summed E-state index contributed by atoms with van der Waals surface area (Å²) in [7, 11) is 0. The number of hydrogen-bond donors (Lipinski definition) is 0. The Kier molecular flexibility index (Phi) is 5.49. The SMILES string of the molecule is N#Cc1ccc(Sc2nc3ccccc3c(=O)n2CCC2=CCCCC2)nn1. The summed E-state index contributed by atoms with van der Waals surface area (Å²) in [4.78, 5) is 17.8. The predicted octanol–water partition coefficient (Wildman–Crippen LogP) is 4.10. The molecule has 28 heavy (non-hydrogen) atoms. The highest BCUT2D eigenvalue weighted by molar-refractivity contribution is 7.99. The molecule has 0 aliphatic heterocycles. The number of fused-ring (bicyclic) bond motifs is 1. The van der Waals surface area contributed by atoms with Crippen LogP contribution in [0.1, 0.15) is 37.8 Å². The molecule has 0 radical (unpaired) electrons. The highest BCUT2D eigenvalue weighted by Crippen LogP contribution is 2.26. The van der Waals surface area contributed by atoms with E-state index in [9.17, 15) is 4.79 Å². The second-order valence-electron chi connectivity index (χ2n) is 6.70. The van der Waals surface area contributed by atoms with Gasteiger partial charge in [0.25, 0.3) is 5.56 Å². The molecule has 7 heteroatoms. The van der Waals surface area contributed by atoms with Crippen molar-refractivity contribution in [2.75, 3.05) is 0 Å². The zero-order valence-corrected chi connectivity index (χ0v) is 16.2. The molecule has 0 saturated heterocycles. The van der Waals surface area contributed by atoms with Crippen molar-refractivity contribution in [1.29, 1.82) is 5.26 Å². The van der Waals surface area contributed by atoms with Crippen molar-refractivity contribution in [2.24, 2.45) is 0 Å². The van der Waals surface area contributed by atoms with E-state index in [4.69, 9.17) is 10.2 Å². The average Bonchev–Trinajstić information content (AvgIpc) is 2.75. The van der Waals surface area contributed by atoms with Crippen molar-refractivity contribution in [2.45, 2.75) is 48.8 Å². The summed E-state index contributed by atoms with van der Waals surface area (Å²) in [5.41, 5.74) is 2.31. The molecule has 1 aliphatic carbocycles. The standard InChI is InChI=1S/C21H19N5OS/c22-14-16-10-11-19(25-24-16)28-21-23-18-9-5-4-8-17(18)20(27)26(21)13-12-15-6-2-1-3-7-15/h4-6,8-11H,1-3,7,12-13H2. The highest BCUT2D eigenvalue weighted by Gasteiger charge is 2.14. The van der Waals surface area contributed by atoms with Crippen LogP contribution in [-0.4, -0.2) is 19.7 Å². The molecular weight excluding hydrogens is 370 g/mol. The lowest BCUT2D eigenvalue weighted by Gasteiger charge is -2.16. The van der Waals surface area contributed by atoms with Crippen LogP contribution in [0.5, 0.6) is 0 Å². The van der Waals surface area contributed by atoms with E-state index in [-0.39, 0.29) is 11.3 Å². The van der Waals surface area contributed by atoms with E-state index in [1.807, 2.05) is 30.3 Å². The van der Waals surface area contributed by atoms with Gasteiger partial charge in [-0.3, -0.25) is 9.36 Å². The number of hydrogen-bond acceptors (Lipinski definition) is 6. The smallest absolute Gasteiger partial charge is 0.262 e. The molecule has 0 unspecified atom stereocenters. The minimum absolute atomic E-state index is 0.0360. The Hall–Kier alpha value is -2.98. The summed E-state index contributed by atoms with van der Waals surface area (Å²) >= 11 is 1.30. The zero-order chi connectivity index (χ0) is 19.3. The molecule has 3 aromatic rings. The number of para-hydroxylation sites is 1. The van der Waals surface area contributed by atoms with Gasteiger partial charge in [-0.2, -0.15) is 5.26 Å². The lowest BCUT2D eigenvalue weighted by Crippen LogP contribution is -2.23. The average molecular weight is 389 g/mol. The third kappa shape index (κ3) is 3.97. The van der Waals surface area contributed by atoms with Gasteiger partial charge >= 0.3 is 0 Å². The Morgan fingerprint density at radius 1 is 1.14 bits per heavy atom. The number of allylic oxidation sites excluding steroid dienone is 2. The van der Waals surface area contributed by atoms with Crippen LogP contribution in [-0.2, 0) is 6.54 Å². The third-order valence-corrected chi connectivity index (χ3v) is 5.74. The summed E-state index contributed by atoms with van der Waals surface area (Å²) in [6.07, 6.45) is 7.87. The van der Waals surface area contributed by atoms with E-state index in [1.165, 1.54) is 30.2 Å². The van der Waals surface area contributed by atoms with Crippen molar-refractivity contribution in [3.8, 4) is 6.07 Å². The maximum atomic E-state index is 13.1. The first-order valence-electron chi connectivity index (χ1n) is 9.34. The van der Waals surface area contributed by atoms with Crippen LogP contribution in [0.3, 0.4) is 0 Å². The topological polar surface area (TPSA) is 84.5 Å². The lowest BCUT2D eigenvalue weighted by molar-refractivity contribution is 0.569. The fraction of sp³-hybridized carbons (Fsp3) is 0.286. The van der Waals surface area contributed by atoms with Crippen molar-refractivity contribution in [1.82, 2.24) is 19.7 Å². The van der Waals surface area contributed by atoms with Gasteiger partial charge in [-0.05, 0) is 68.1 Å². The van der Waals surface area contributed by atoms with Gasteiger partial charge in [0.1, 0.15) is 11.1 Å². The van der Waals surface area contributed by atoms with Gasteiger partial charge in [0.05, 0.1) is 10.9 Å². The van der Waals surface area contributed by atoms with Crippen molar-refractivity contribution < 1.29 is 0 Å². The summed E-state index contributed by atoms with van der Waals surface area (Å²) < 4.78 is 1.74. The summed E-state index contributed by atoms with van der Waals surface area (Å²) in [6.45, 7) is 0.592.